The van der Waals surface area contributed by atoms with Gasteiger partial charge in [-0.15, -0.1) is 0 Å². The number of nitrogens with zero attached hydrogens (tertiary/aromatic N) is 2. The standard InChI is InChI=1S/C18H22N2O5/c1-23-12-6-8-19(10-12)16(21)11-20-9-7-13-14(18(20)22)4-5-15(24-2)17(13)25-3/h4-5,7,9,12H,6,8,10-11H2,1-3H3/t12-/m0/s1. The fourth-order valence-electron chi connectivity index (χ4n) is 3.21. The Hall–Kier alpha value is -2.54. The van der Waals surface area contributed by atoms with E-state index in [9.17, 15) is 9.59 Å². The number of ether oxygens (including phenoxy) is 3. The highest BCUT2D eigenvalue weighted by atomic mass is 16.5. The predicted octanol–water partition coefficient (Wildman–Crippen LogP) is 1.27. The molecule has 1 aromatic heterocycles. The number of hydrogen-bond donors (Lipinski definition) is 0. The zero-order chi connectivity index (χ0) is 18.0. The van der Waals surface area contributed by atoms with Crippen molar-refractivity contribution in [3.63, 3.8) is 0 Å². The Morgan fingerprint density at radius 3 is 2.60 bits per heavy atom. The molecule has 2 heterocycles. The summed E-state index contributed by atoms with van der Waals surface area (Å²) in [6.07, 6.45) is 2.52. The summed E-state index contributed by atoms with van der Waals surface area (Å²) in [7, 11) is 4.73. The van der Waals surface area contributed by atoms with Crippen LogP contribution in [0.5, 0.6) is 11.5 Å². The maximum atomic E-state index is 12.7. The van der Waals surface area contributed by atoms with E-state index >= 15 is 0 Å². The molecule has 0 radical (unpaired) electrons. The van der Waals surface area contributed by atoms with Gasteiger partial charge in [0.2, 0.25) is 5.91 Å². The van der Waals surface area contributed by atoms with Crippen molar-refractivity contribution in [1.82, 2.24) is 9.47 Å². The van der Waals surface area contributed by atoms with E-state index in [-0.39, 0.29) is 24.1 Å². The van der Waals surface area contributed by atoms with E-state index in [2.05, 4.69) is 0 Å². The van der Waals surface area contributed by atoms with Crippen LogP contribution in [0.2, 0.25) is 0 Å². The second kappa shape index (κ2) is 7.14. The monoisotopic (exact) mass is 346 g/mol. The second-order valence-corrected chi connectivity index (χ2v) is 6.00. The van der Waals surface area contributed by atoms with E-state index in [1.165, 1.54) is 11.7 Å². The fourth-order valence-corrected chi connectivity index (χ4v) is 3.21. The van der Waals surface area contributed by atoms with E-state index in [1.807, 2.05) is 0 Å². The van der Waals surface area contributed by atoms with Crippen molar-refractivity contribution >= 4 is 16.7 Å². The van der Waals surface area contributed by atoms with Crippen LogP contribution in [0, 0.1) is 0 Å². The first-order chi connectivity index (χ1) is 12.1. The summed E-state index contributed by atoms with van der Waals surface area (Å²) in [5.74, 6) is 0.991. The lowest BCUT2D eigenvalue weighted by Gasteiger charge is -2.17. The summed E-state index contributed by atoms with van der Waals surface area (Å²) in [6, 6.07) is 5.16. The summed E-state index contributed by atoms with van der Waals surface area (Å²) in [6.45, 7) is 1.24. The topological polar surface area (TPSA) is 70.0 Å². The molecule has 0 aliphatic carbocycles. The number of carbonyl (C=O) groups is 1. The van der Waals surface area contributed by atoms with Crippen LogP contribution in [-0.4, -0.2) is 55.9 Å². The van der Waals surface area contributed by atoms with Crippen LogP contribution in [0.1, 0.15) is 6.42 Å². The molecule has 0 bridgehead atoms. The molecule has 1 saturated heterocycles. The fraction of sp³-hybridized carbons (Fsp3) is 0.444. The average molecular weight is 346 g/mol. The Morgan fingerprint density at radius 1 is 1.16 bits per heavy atom. The third kappa shape index (κ3) is 3.19. The SMILES string of the molecule is COc1ccc2c(=O)n(CC(=O)N3CC[C@H](OC)C3)ccc2c1OC. The van der Waals surface area contributed by atoms with E-state index in [1.54, 1.807) is 43.5 Å². The Labute approximate surface area is 145 Å². The highest BCUT2D eigenvalue weighted by Crippen LogP contribution is 2.33. The zero-order valence-corrected chi connectivity index (χ0v) is 14.7. The maximum Gasteiger partial charge on any atom is 0.259 e. The van der Waals surface area contributed by atoms with Gasteiger partial charge in [-0.05, 0) is 24.6 Å². The van der Waals surface area contributed by atoms with E-state index < -0.39 is 0 Å². The summed E-state index contributed by atoms with van der Waals surface area (Å²) >= 11 is 0. The van der Waals surface area contributed by atoms with Gasteiger partial charge in [-0.1, -0.05) is 0 Å². The van der Waals surface area contributed by atoms with Crippen LogP contribution < -0.4 is 15.0 Å². The minimum absolute atomic E-state index is 0.0134. The van der Waals surface area contributed by atoms with Gasteiger partial charge in [0.25, 0.3) is 5.56 Å². The number of benzene rings is 1. The van der Waals surface area contributed by atoms with Gasteiger partial charge in [-0.3, -0.25) is 9.59 Å². The molecule has 25 heavy (non-hydrogen) atoms. The summed E-state index contributed by atoms with van der Waals surface area (Å²) in [4.78, 5) is 26.9. The third-order valence-corrected chi connectivity index (χ3v) is 4.63. The summed E-state index contributed by atoms with van der Waals surface area (Å²) in [5.41, 5.74) is -0.228. The van der Waals surface area contributed by atoms with Crippen molar-refractivity contribution in [2.45, 2.75) is 19.1 Å². The molecule has 0 unspecified atom stereocenters. The van der Waals surface area contributed by atoms with Gasteiger partial charge in [0, 0.05) is 31.8 Å². The highest BCUT2D eigenvalue weighted by Gasteiger charge is 2.26. The van der Waals surface area contributed by atoms with Crippen molar-refractivity contribution in [1.29, 1.82) is 0 Å². The number of likely N-dealkylation sites (tertiary alicyclic amines) is 1. The average Bonchev–Trinajstić information content (AvgIpc) is 3.12. The smallest absolute Gasteiger partial charge is 0.259 e. The molecule has 1 atom stereocenters. The zero-order valence-electron chi connectivity index (χ0n) is 14.7. The number of methoxy groups -OCH3 is 3. The second-order valence-electron chi connectivity index (χ2n) is 6.00. The molecule has 7 heteroatoms. The Bertz CT molecular complexity index is 845. The molecule has 7 nitrogen and oxygen atoms in total. The van der Waals surface area contributed by atoms with Crippen LogP contribution in [0.25, 0.3) is 10.8 Å². The normalized spacial score (nSPS) is 17.1. The predicted molar refractivity (Wildman–Crippen MR) is 93.3 cm³/mol. The molecule has 0 N–H and O–H groups in total. The Kier molecular flexibility index (Phi) is 4.94. The highest BCUT2D eigenvalue weighted by molar-refractivity contribution is 5.90. The molecule has 1 amide bonds. The molecule has 0 saturated carbocycles. The lowest BCUT2D eigenvalue weighted by Crippen LogP contribution is -2.35. The van der Waals surface area contributed by atoms with Gasteiger partial charge in [0.05, 0.1) is 25.7 Å². The van der Waals surface area contributed by atoms with Gasteiger partial charge in [-0.2, -0.15) is 0 Å². The van der Waals surface area contributed by atoms with Crippen molar-refractivity contribution in [2.24, 2.45) is 0 Å². The van der Waals surface area contributed by atoms with Crippen molar-refractivity contribution in [3.05, 3.63) is 34.7 Å². The van der Waals surface area contributed by atoms with Crippen molar-refractivity contribution in [2.75, 3.05) is 34.4 Å². The van der Waals surface area contributed by atoms with Crippen LogP contribution in [0.4, 0.5) is 0 Å². The molecule has 2 aromatic rings. The number of aromatic nitrogens is 1. The van der Waals surface area contributed by atoms with E-state index in [0.717, 1.165) is 6.42 Å². The molecule has 1 aliphatic rings. The van der Waals surface area contributed by atoms with Crippen molar-refractivity contribution in [3.8, 4) is 11.5 Å². The lowest BCUT2D eigenvalue weighted by molar-refractivity contribution is -0.131. The molecule has 1 aromatic carbocycles. The van der Waals surface area contributed by atoms with Gasteiger partial charge in [0.1, 0.15) is 6.54 Å². The minimum Gasteiger partial charge on any atom is -0.493 e. The molecule has 1 fully saturated rings. The van der Waals surface area contributed by atoms with Gasteiger partial charge >= 0.3 is 0 Å². The number of fused-ring (bicyclic) bond motifs is 1. The number of rotatable bonds is 5. The lowest BCUT2D eigenvalue weighted by atomic mass is 10.1. The third-order valence-electron chi connectivity index (χ3n) is 4.63. The molecular formula is C18H22N2O5. The van der Waals surface area contributed by atoms with E-state index in [0.29, 0.717) is 35.4 Å². The summed E-state index contributed by atoms with van der Waals surface area (Å²) in [5, 5.41) is 1.15. The first-order valence-electron chi connectivity index (χ1n) is 8.13. The minimum atomic E-state index is -0.228. The number of amides is 1. The van der Waals surface area contributed by atoms with Gasteiger partial charge in [0.15, 0.2) is 11.5 Å². The van der Waals surface area contributed by atoms with Crippen LogP contribution >= 0.6 is 0 Å². The first-order valence-corrected chi connectivity index (χ1v) is 8.13. The molecule has 1 aliphatic heterocycles. The Morgan fingerprint density at radius 2 is 1.96 bits per heavy atom. The molecular weight excluding hydrogens is 324 g/mol. The maximum absolute atomic E-state index is 12.7. The number of pyridine rings is 1. The molecule has 134 valence electrons. The Balaban J connectivity index is 1.90. The van der Waals surface area contributed by atoms with E-state index in [4.69, 9.17) is 14.2 Å². The number of hydrogen-bond acceptors (Lipinski definition) is 5. The van der Waals surface area contributed by atoms with Gasteiger partial charge < -0.3 is 23.7 Å². The summed E-state index contributed by atoms with van der Waals surface area (Å²) < 4.78 is 17.3. The van der Waals surface area contributed by atoms with Crippen LogP contribution in [0.15, 0.2) is 29.2 Å². The van der Waals surface area contributed by atoms with Gasteiger partial charge in [-0.25, -0.2) is 0 Å². The van der Waals surface area contributed by atoms with Crippen LogP contribution in [-0.2, 0) is 16.1 Å². The molecule has 3 rings (SSSR count). The number of carbonyl (C=O) groups excluding carboxylic acids is 1. The first kappa shape index (κ1) is 17.3. The largest absolute Gasteiger partial charge is 0.493 e. The van der Waals surface area contributed by atoms with Crippen molar-refractivity contribution < 1.29 is 19.0 Å². The van der Waals surface area contributed by atoms with Crippen LogP contribution in [0.3, 0.4) is 0 Å². The molecule has 0 spiro atoms. The quantitative estimate of drug-likeness (QED) is 0.815.